The van der Waals surface area contributed by atoms with Gasteiger partial charge in [-0.1, -0.05) is 23.5 Å². The molecule has 6 heteroatoms. The van der Waals surface area contributed by atoms with Gasteiger partial charge in [0.15, 0.2) is 5.13 Å². The number of carbonyl (C=O) groups is 1. The average Bonchev–Trinajstić information content (AvgIpc) is 2.89. The topological polar surface area (TPSA) is 71.2 Å². The van der Waals surface area contributed by atoms with Crippen LogP contribution in [0.1, 0.15) is 0 Å². The lowest BCUT2D eigenvalue weighted by Crippen LogP contribution is -2.34. The Morgan fingerprint density at radius 3 is 3.00 bits per heavy atom. The number of aromatic nitrogens is 1. The Hall–Kier alpha value is -2.60. The number of hydrogen-bond donors (Lipinski definition) is 2. The molecular weight excluding hydrogens is 284 g/mol. The maximum absolute atomic E-state index is 11.9. The summed E-state index contributed by atoms with van der Waals surface area (Å²) in [5.41, 5.74) is 9.20. The van der Waals surface area contributed by atoms with Crippen LogP contribution >= 0.6 is 11.3 Å². The van der Waals surface area contributed by atoms with E-state index in [2.05, 4.69) is 10.3 Å². The summed E-state index contributed by atoms with van der Waals surface area (Å²) in [4.78, 5) is 18.4. The van der Waals surface area contributed by atoms with Gasteiger partial charge in [-0.25, -0.2) is 4.98 Å². The van der Waals surface area contributed by atoms with Gasteiger partial charge in [0.05, 0.1) is 21.6 Å². The van der Waals surface area contributed by atoms with Crippen molar-refractivity contribution >= 4 is 49.7 Å². The highest BCUT2D eigenvalue weighted by molar-refractivity contribution is 7.22. The van der Waals surface area contributed by atoms with Crippen molar-refractivity contribution in [2.45, 2.75) is 0 Å². The van der Waals surface area contributed by atoms with E-state index >= 15 is 0 Å². The number of rotatable bonds is 1. The Balaban J connectivity index is 1.86. The van der Waals surface area contributed by atoms with Crippen molar-refractivity contribution in [3.8, 4) is 0 Å². The van der Waals surface area contributed by atoms with Crippen molar-refractivity contribution in [1.82, 2.24) is 4.98 Å². The number of nitrogen functional groups attached to an aromatic ring is 1. The highest BCUT2D eigenvalue weighted by atomic mass is 32.1. The number of nitrogens with zero attached hydrogens (tertiary/aromatic N) is 2. The standard InChI is InChI=1S/C15H12N4OS/c16-9-5-6-11-13(7-9)21-15(18-11)19-8-14(20)17-10-3-1-2-4-12(10)19/h1-7H,8,16H2,(H,17,20). The summed E-state index contributed by atoms with van der Waals surface area (Å²) in [5, 5.41) is 3.68. The maximum Gasteiger partial charge on any atom is 0.244 e. The Morgan fingerprint density at radius 2 is 2.10 bits per heavy atom. The first-order valence-corrected chi connectivity index (χ1v) is 7.35. The molecule has 2 heterocycles. The first-order chi connectivity index (χ1) is 10.2. The Bertz CT molecular complexity index is 858. The van der Waals surface area contributed by atoms with Crippen molar-refractivity contribution in [3.05, 3.63) is 42.5 Å². The fourth-order valence-electron chi connectivity index (χ4n) is 2.45. The lowest BCUT2D eigenvalue weighted by Gasteiger charge is -2.28. The number of nitrogens with two attached hydrogens (primary N) is 1. The van der Waals surface area contributed by atoms with Crippen LogP contribution in [0.5, 0.6) is 0 Å². The zero-order chi connectivity index (χ0) is 14.4. The minimum absolute atomic E-state index is 0.0347. The molecule has 2 aromatic carbocycles. The Labute approximate surface area is 125 Å². The molecule has 5 nitrogen and oxygen atoms in total. The molecule has 0 bridgehead atoms. The molecule has 104 valence electrons. The van der Waals surface area contributed by atoms with Gasteiger partial charge in [-0.05, 0) is 30.3 Å². The van der Waals surface area contributed by atoms with Gasteiger partial charge in [-0.2, -0.15) is 0 Å². The summed E-state index contributed by atoms with van der Waals surface area (Å²) < 4.78 is 1.02. The van der Waals surface area contributed by atoms with Gasteiger partial charge in [-0.3, -0.25) is 4.79 Å². The predicted molar refractivity (Wildman–Crippen MR) is 86.1 cm³/mol. The van der Waals surface area contributed by atoms with E-state index in [0.29, 0.717) is 0 Å². The van der Waals surface area contributed by atoms with Crippen LogP contribution in [0.3, 0.4) is 0 Å². The third-order valence-corrected chi connectivity index (χ3v) is 4.44. The number of fused-ring (bicyclic) bond motifs is 2. The van der Waals surface area contributed by atoms with Crippen LogP contribution in [0, 0.1) is 0 Å². The molecular formula is C15H12N4OS. The first kappa shape index (κ1) is 12.2. The molecule has 1 aromatic heterocycles. The average molecular weight is 296 g/mol. The number of carbonyl (C=O) groups excluding carboxylic acids is 1. The second-order valence-corrected chi connectivity index (χ2v) is 5.88. The van der Waals surface area contributed by atoms with Crippen molar-refractivity contribution in [1.29, 1.82) is 0 Å². The van der Waals surface area contributed by atoms with Gasteiger partial charge in [0.25, 0.3) is 0 Å². The molecule has 0 saturated heterocycles. The number of hydrogen-bond acceptors (Lipinski definition) is 5. The molecule has 1 aliphatic rings. The van der Waals surface area contributed by atoms with Crippen LogP contribution in [0.15, 0.2) is 42.5 Å². The molecule has 3 aromatic rings. The number of para-hydroxylation sites is 2. The fourth-order valence-corrected chi connectivity index (χ4v) is 3.48. The van der Waals surface area contributed by atoms with Gasteiger partial charge >= 0.3 is 0 Å². The summed E-state index contributed by atoms with van der Waals surface area (Å²) in [6, 6.07) is 13.4. The third-order valence-electron chi connectivity index (χ3n) is 3.40. The van der Waals surface area contributed by atoms with Crippen molar-refractivity contribution in [2.75, 3.05) is 22.5 Å². The molecule has 0 spiro atoms. The molecule has 0 atom stereocenters. The summed E-state index contributed by atoms with van der Waals surface area (Å²) in [5.74, 6) is -0.0347. The SMILES string of the molecule is Nc1ccc2nc(N3CC(=O)Nc4ccccc43)sc2c1. The first-order valence-electron chi connectivity index (χ1n) is 6.53. The maximum atomic E-state index is 11.9. The van der Waals surface area contributed by atoms with Gasteiger partial charge in [0.1, 0.15) is 6.54 Å². The van der Waals surface area contributed by atoms with Crippen molar-refractivity contribution in [3.63, 3.8) is 0 Å². The molecule has 0 fully saturated rings. The highest BCUT2D eigenvalue weighted by Gasteiger charge is 2.25. The number of anilines is 4. The van der Waals surface area contributed by atoms with Crippen LogP contribution in [-0.4, -0.2) is 17.4 Å². The van der Waals surface area contributed by atoms with E-state index in [0.717, 1.165) is 32.4 Å². The van der Waals surface area contributed by atoms with Gasteiger partial charge in [0.2, 0.25) is 5.91 Å². The van der Waals surface area contributed by atoms with E-state index in [1.165, 1.54) is 11.3 Å². The van der Waals surface area contributed by atoms with Gasteiger partial charge in [-0.15, -0.1) is 0 Å². The number of thiazole rings is 1. The minimum atomic E-state index is -0.0347. The number of nitrogens with one attached hydrogen (secondary N) is 1. The zero-order valence-electron chi connectivity index (χ0n) is 11.0. The molecule has 0 radical (unpaired) electrons. The number of amides is 1. The smallest absolute Gasteiger partial charge is 0.244 e. The summed E-state index contributed by atoms with van der Waals surface area (Å²) in [6.07, 6.45) is 0. The van der Waals surface area contributed by atoms with Crippen LogP contribution in [0.2, 0.25) is 0 Å². The molecule has 1 aliphatic heterocycles. The fraction of sp³-hybridized carbons (Fsp3) is 0.0667. The normalized spacial score (nSPS) is 14.1. The lowest BCUT2D eigenvalue weighted by atomic mass is 10.2. The quantitative estimate of drug-likeness (QED) is 0.677. The van der Waals surface area contributed by atoms with E-state index in [1.807, 2.05) is 47.4 Å². The van der Waals surface area contributed by atoms with E-state index < -0.39 is 0 Å². The van der Waals surface area contributed by atoms with Crippen molar-refractivity contribution in [2.24, 2.45) is 0 Å². The van der Waals surface area contributed by atoms with Crippen LogP contribution in [-0.2, 0) is 4.79 Å². The van der Waals surface area contributed by atoms with Crippen molar-refractivity contribution < 1.29 is 4.79 Å². The second-order valence-electron chi connectivity index (χ2n) is 4.88. The van der Waals surface area contributed by atoms with Gasteiger partial charge in [0, 0.05) is 5.69 Å². The molecule has 3 N–H and O–H groups in total. The van der Waals surface area contributed by atoms with Crippen LogP contribution in [0.25, 0.3) is 10.2 Å². The third kappa shape index (κ3) is 2.00. The molecule has 21 heavy (non-hydrogen) atoms. The van der Waals surface area contributed by atoms with Crippen LogP contribution in [0.4, 0.5) is 22.2 Å². The number of benzene rings is 2. The van der Waals surface area contributed by atoms with Gasteiger partial charge < -0.3 is 16.0 Å². The lowest BCUT2D eigenvalue weighted by molar-refractivity contribution is -0.115. The molecule has 0 aliphatic carbocycles. The van der Waals surface area contributed by atoms with E-state index in [-0.39, 0.29) is 12.5 Å². The van der Waals surface area contributed by atoms with E-state index in [1.54, 1.807) is 0 Å². The molecule has 0 saturated carbocycles. The summed E-state index contributed by atoms with van der Waals surface area (Å²) in [6.45, 7) is 0.270. The summed E-state index contributed by atoms with van der Waals surface area (Å²) in [7, 11) is 0. The van der Waals surface area contributed by atoms with E-state index in [4.69, 9.17) is 5.73 Å². The molecule has 1 amide bonds. The van der Waals surface area contributed by atoms with E-state index in [9.17, 15) is 4.79 Å². The molecule has 4 rings (SSSR count). The second kappa shape index (κ2) is 4.46. The van der Waals surface area contributed by atoms with Crippen LogP contribution < -0.4 is 16.0 Å². The summed E-state index contributed by atoms with van der Waals surface area (Å²) >= 11 is 1.54. The highest BCUT2D eigenvalue weighted by Crippen LogP contribution is 2.38. The largest absolute Gasteiger partial charge is 0.399 e. The minimum Gasteiger partial charge on any atom is -0.399 e. The molecule has 0 unspecified atom stereocenters. The Morgan fingerprint density at radius 1 is 1.24 bits per heavy atom. The predicted octanol–water partition coefficient (Wildman–Crippen LogP) is 2.97. The monoisotopic (exact) mass is 296 g/mol. The zero-order valence-corrected chi connectivity index (χ0v) is 11.9. The Kier molecular flexibility index (Phi) is 2.58.